The maximum Gasteiger partial charge on any atom is 0.361 e. The number of carbonyl (C=O) groups is 1. The standard InChI is InChI=1S/C14H19N3O3/c1-9-6-7-11(19-9)8-17-10(2)12(15-16-17)13(18)20-14(3,4)5/h6-7H,8H2,1-5H3. The van der Waals surface area contributed by atoms with Crippen LogP contribution in [0.4, 0.5) is 0 Å². The second-order valence-corrected chi connectivity index (χ2v) is 5.70. The van der Waals surface area contributed by atoms with E-state index in [1.165, 1.54) is 0 Å². The normalized spacial score (nSPS) is 11.7. The van der Waals surface area contributed by atoms with Crippen LogP contribution >= 0.6 is 0 Å². The van der Waals surface area contributed by atoms with Crippen molar-refractivity contribution in [3.05, 3.63) is 35.0 Å². The van der Waals surface area contributed by atoms with Gasteiger partial charge >= 0.3 is 5.97 Å². The van der Waals surface area contributed by atoms with Gasteiger partial charge < -0.3 is 9.15 Å². The van der Waals surface area contributed by atoms with Crippen LogP contribution in [-0.2, 0) is 11.3 Å². The van der Waals surface area contributed by atoms with Crippen LogP contribution in [0.5, 0.6) is 0 Å². The van der Waals surface area contributed by atoms with Crippen LogP contribution in [0.3, 0.4) is 0 Å². The topological polar surface area (TPSA) is 70.2 Å². The molecule has 0 aliphatic carbocycles. The van der Waals surface area contributed by atoms with Gasteiger partial charge in [0, 0.05) is 0 Å². The van der Waals surface area contributed by atoms with E-state index in [1.54, 1.807) is 11.6 Å². The quantitative estimate of drug-likeness (QED) is 0.806. The molecule has 6 nitrogen and oxygen atoms in total. The first-order valence-corrected chi connectivity index (χ1v) is 6.45. The Morgan fingerprint density at radius 1 is 1.35 bits per heavy atom. The molecule has 0 aliphatic rings. The van der Waals surface area contributed by atoms with Crippen LogP contribution in [0.15, 0.2) is 16.5 Å². The fraction of sp³-hybridized carbons (Fsp3) is 0.500. The number of hydrogen-bond donors (Lipinski definition) is 0. The monoisotopic (exact) mass is 277 g/mol. The third kappa shape index (κ3) is 3.26. The molecule has 2 rings (SSSR count). The minimum absolute atomic E-state index is 0.239. The zero-order valence-corrected chi connectivity index (χ0v) is 12.4. The molecule has 0 amide bonds. The smallest absolute Gasteiger partial charge is 0.361 e. The zero-order chi connectivity index (χ0) is 14.9. The molecule has 0 spiro atoms. The molecule has 0 radical (unpaired) electrons. The summed E-state index contributed by atoms with van der Waals surface area (Å²) in [6.45, 7) is 9.55. The second kappa shape index (κ2) is 5.11. The van der Waals surface area contributed by atoms with Crippen LogP contribution in [0.25, 0.3) is 0 Å². The molecular formula is C14H19N3O3. The van der Waals surface area contributed by atoms with E-state index in [9.17, 15) is 4.79 Å². The summed E-state index contributed by atoms with van der Waals surface area (Å²) in [6, 6.07) is 3.76. The Hall–Kier alpha value is -2.11. The first kappa shape index (κ1) is 14.3. The third-order valence-corrected chi connectivity index (χ3v) is 2.68. The van der Waals surface area contributed by atoms with Gasteiger partial charge in [-0.15, -0.1) is 5.10 Å². The van der Waals surface area contributed by atoms with Crippen molar-refractivity contribution < 1.29 is 13.9 Å². The van der Waals surface area contributed by atoms with Crippen molar-refractivity contribution in [3.8, 4) is 0 Å². The number of ether oxygens (including phenoxy) is 1. The Kier molecular flexibility index (Phi) is 3.65. The minimum atomic E-state index is -0.550. The molecule has 2 heterocycles. The summed E-state index contributed by atoms with van der Waals surface area (Å²) in [5.41, 5.74) is 0.349. The summed E-state index contributed by atoms with van der Waals surface area (Å²) in [5.74, 6) is 1.15. The Labute approximate surface area is 117 Å². The molecule has 0 aromatic carbocycles. The lowest BCUT2D eigenvalue weighted by Crippen LogP contribution is -2.24. The summed E-state index contributed by atoms with van der Waals surface area (Å²) in [5, 5.41) is 7.88. The maximum absolute atomic E-state index is 12.0. The van der Waals surface area contributed by atoms with Gasteiger partial charge in [-0.25, -0.2) is 9.48 Å². The minimum Gasteiger partial charge on any atom is -0.464 e. The molecule has 0 saturated heterocycles. The van der Waals surface area contributed by atoms with E-state index in [0.717, 1.165) is 11.5 Å². The molecule has 20 heavy (non-hydrogen) atoms. The van der Waals surface area contributed by atoms with E-state index >= 15 is 0 Å². The van der Waals surface area contributed by atoms with Crippen molar-refractivity contribution in [3.63, 3.8) is 0 Å². The first-order valence-electron chi connectivity index (χ1n) is 6.45. The Morgan fingerprint density at radius 2 is 2.05 bits per heavy atom. The second-order valence-electron chi connectivity index (χ2n) is 5.70. The van der Waals surface area contributed by atoms with Gasteiger partial charge in [0.1, 0.15) is 23.7 Å². The maximum atomic E-state index is 12.0. The van der Waals surface area contributed by atoms with Crippen molar-refractivity contribution in [2.45, 2.75) is 46.8 Å². The third-order valence-electron chi connectivity index (χ3n) is 2.68. The lowest BCUT2D eigenvalue weighted by atomic mass is 10.2. The number of carbonyl (C=O) groups excluding carboxylic acids is 1. The summed E-state index contributed by atoms with van der Waals surface area (Å²) >= 11 is 0. The summed E-state index contributed by atoms with van der Waals surface area (Å²) in [7, 11) is 0. The highest BCUT2D eigenvalue weighted by Gasteiger charge is 2.23. The molecule has 0 N–H and O–H groups in total. The van der Waals surface area contributed by atoms with Crippen molar-refractivity contribution in [1.82, 2.24) is 15.0 Å². The highest BCUT2D eigenvalue weighted by molar-refractivity contribution is 5.88. The molecule has 108 valence electrons. The lowest BCUT2D eigenvalue weighted by molar-refractivity contribution is 0.00618. The summed E-state index contributed by atoms with van der Waals surface area (Å²) in [6.07, 6.45) is 0. The average Bonchev–Trinajstić information content (AvgIpc) is 2.85. The van der Waals surface area contributed by atoms with Gasteiger partial charge in [-0.3, -0.25) is 0 Å². The van der Waals surface area contributed by atoms with Gasteiger partial charge in [0.15, 0.2) is 5.69 Å². The molecule has 0 atom stereocenters. The molecule has 2 aromatic rings. The number of nitrogens with zero attached hydrogens (tertiary/aromatic N) is 3. The summed E-state index contributed by atoms with van der Waals surface area (Å²) in [4.78, 5) is 12.0. The molecule has 0 bridgehead atoms. The van der Waals surface area contributed by atoms with Gasteiger partial charge in [-0.1, -0.05) is 5.21 Å². The van der Waals surface area contributed by atoms with Crippen LogP contribution in [0, 0.1) is 13.8 Å². The number of furan rings is 1. The van der Waals surface area contributed by atoms with Crippen molar-refractivity contribution in [2.75, 3.05) is 0 Å². The van der Waals surface area contributed by atoms with E-state index < -0.39 is 11.6 Å². The number of aryl methyl sites for hydroxylation is 1. The number of hydrogen-bond acceptors (Lipinski definition) is 5. The van der Waals surface area contributed by atoms with E-state index in [4.69, 9.17) is 9.15 Å². The van der Waals surface area contributed by atoms with Crippen LogP contribution in [0.2, 0.25) is 0 Å². The molecule has 0 aliphatic heterocycles. The highest BCUT2D eigenvalue weighted by atomic mass is 16.6. The van der Waals surface area contributed by atoms with Gasteiger partial charge in [0.25, 0.3) is 0 Å². The van der Waals surface area contributed by atoms with Crippen LogP contribution in [0.1, 0.15) is 48.5 Å². The van der Waals surface area contributed by atoms with Crippen LogP contribution in [-0.4, -0.2) is 26.6 Å². The van der Waals surface area contributed by atoms with Crippen molar-refractivity contribution >= 4 is 5.97 Å². The van der Waals surface area contributed by atoms with E-state index in [1.807, 2.05) is 39.8 Å². The number of esters is 1. The molecule has 0 fully saturated rings. The molecular weight excluding hydrogens is 258 g/mol. The van der Waals surface area contributed by atoms with Crippen LogP contribution < -0.4 is 0 Å². The van der Waals surface area contributed by atoms with Gasteiger partial charge in [0.2, 0.25) is 0 Å². The van der Waals surface area contributed by atoms with Gasteiger partial charge in [0.05, 0.1) is 5.69 Å². The Balaban J connectivity index is 2.16. The highest BCUT2D eigenvalue weighted by Crippen LogP contribution is 2.14. The average molecular weight is 277 g/mol. The fourth-order valence-electron chi connectivity index (χ4n) is 1.74. The zero-order valence-electron chi connectivity index (χ0n) is 12.4. The number of rotatable bonds is 3. The van der Waals surface area contributed by atoms with E-state index in [0.29, 0.717) is 12.2 Å². The molecule has 0 unspecified atom stereocenters. The van der Waals surface area contributed by atoms with Crippen molar-refractivity contribution in [1.29, 1.82) is 0 Å². The van der Waals surface area contributed by atoms with Crippen molar-refractivity contribution in [2.24, 2.45) is 0 Å². The SMILES string of the molecule is Cc1ccc(Cn2nnc(C(=O)OC(C)(C)C)c2C)o1. The van der Waals surface area contributed by atoms with Gasteiger partial charge in [-0.2, -0.15) is 0 Å². The Bertz CT molecular complexity index is 620. The molecule has 2 aromatic heterocycles. The van der Waals surface area contributed by atoms with E-state index in [2.05, 4.69) is 10.3 Å². The predicted molar refractivity (Wildman–Crippen MR) is 72.5 cm³/mol. The van der Waals surface area contributed by atoms with E-state index in [-0.39, 0.29) is 5.69 Å². The number of aromatic nitrogens is 3. The lowest BCUT2D eigenvalue weighted by Gasteiger charge is -2.18. The predicted octanol–water partition coefficient (Wildman–Crippen LogP) is 2.49. The summed E-state index contributed by atoms with van der Waals surface area (Å²) < 4.78 is 12.4. The Morgan fingerprint density at radius 3 is 2.60 bits per heavy atom. The first-order chi connectivity index (χ1) is 9.26. The fourth-order valence-corrected chi connectivity index (χ4v) is 1.74. The molecule has 0 saturated carbocycles. The molecule has 6 heteroatoms. The van der Waals surface area contributed by atoms with Gasteiger partial charge in [-0.05, 0) is 46.8 Å². The largest absolute Gasteiger partial charge is 0.464 e.